The summed E-state index contributed by atoms with van der Waals surface area (Å²) in [4.78, 5) is 30.5. The van der Waals surface area contributed by atoms with E-state index in [9.17, 15) is 22.8 Å². The lowest BCUT2D eigenvalue weighted by molar-refractivity contribution is -0.137. The van der Waals surface area contributed by atoms with Crippen LogP contribution < -0.4 is 10.1 Å². The number of aliphatic imine (C=N–C) groups is 1. The zero-order chi connectivity index (χ0) is 21.9. The monoisotopic (exact) mass is 437 g/mol. The zero-order valence-electron chi connectivity index (χ0n) is 16.1. The predicted molar refractivity (Wildman–Crippen MR) is 109 cm³/mol. The number of amidine groups is 1. The number of halogens is 3. The Balaban J connectivity index is 1.83. The van der Waals surface area contributed by atoms with Crippen LogP contribution in [0.15, 0.2) is 53.5 Å². The number of hydrogen-bond acceptors (Lipinski definition) is 5. The minimum atomic E-state index is -4.51. The molecule has 0 radical (unpaired) electrons. The molecule has 30 heavy (non-hydrogen) atoms. The first kappa shape index (κ1) is 21.7. The number of rotatable bonds is 4. The Morgan fingerprint density at radius 3 is 2.67 bits per heavy atom. The summed E-state index contributed by atoms with van der Waals surface area (Å²) in [6.45, 7) is 0. The highest BCUT2D eigenvalue weighted by Gasteiger charge is 2.35. The summed E-state index contributed by atoms with van der Waals surface area (Å²) in [5.74, 6) is -0.324. The molecule has 1 fully saturated rings. The molecule has 158 valence electrons. The molecule has 0 spiro atoms. The molecule has 6 nitrogen and oxygen atoms in total. The molecule has 1 heterocycles. The van der Waals surface area contributed by atoms with Crippen molar-refractivity contribution in [1.82, 2.24) is 4.90 Å². The lowest BCUT2D eigenvalue weighted by Crippen LogP contribution is -2.43. The first-order valence-electron chi connectivity index (χ1n) is 8.82. The van der Waals surface area contributed by atoms with Crippen LogP contribution in [0.4, 0.5) is 24.5 Å². The molecule has 0 aromatic heterocycles. The van der Waals surface area contributed by atoms with Gasteiger partial charge in [-0.3, -0.25) is 14.5 Å². The second-order valence-electron chi connectivity index (χ2n) is 6.40. The Morgan fingerprint density at radius 2 is 1.97 bits per heavy atom. The van der Waals surface area contributed by atoms with E-state index in [4.69, 9.17) is 4.74 Å². The standard InChI is InChI=1S/C20H18F3N3O3S/c1-26-17(27)11-16(18(28)25-14-8-3-4-9-15(14)29-2)30-19(26)24-13-7-5-6-12(10-13)20(21,22)23/h3-10,16H,11H2,1-2H3,(H,25,28)/t16-/m0/s1. The molecule has 3 rings (SSSR count). The highest BCUT2D eigenvalue weighted by Crippen LogP contribution is 2.34. The van der Waals surface area contributed by atoms with Crippen LogP contribution in [0.3, 0.4) is 0 Å². The van der Waals surface area contributed by atoms with Crippen LogP contribution in [0, 0.1) is 0 Å². The molecule has 0 unspecified atom stereocenters. The highest BCUT2D eigenvalue weighted by molar-refractivity contribution is 8.15. The molecule has 2 amide bonds. The molecular formula is C20H18F3N3O3S. The Kier molecular flexibility index (Phi) is 6.35. The van der Waals surface area contributed by atoms with Crippen molar-refractivity contribution in [1.29, 1.82) is 0 Å². The fourth-order valence-corrected chi connectivity index (χ4v) is 3.79. The summed E-state index contributed by atoms with van der Waals surface area (Å²) in [6, 6.07) is 11.3. The van der Waals surface area contributed by atoms with Crippen LogP contribution in [0.5, 0.6) is 5.75 Å². The SMILES string of the molecule is COc1ccccc1NC(=O)[C@@H]1CC(=O)N(C)C(=Nc2cccc(C(F)(F)F)c2)S1. The summed E-state index contributed by atoms with van der Waals surface area (Å²) in [7, 11) is 2.94. The van der Waals surface area contributed by atoms with E-state index in [1.807, 2.05) is 0 Å². The summed E-state index contributed by atoms with van der Waals surface area (Å²) in [5.41, 5.74) is -0.351. The zero-order valence-corrected chi connectivity index (χ0v) is 16.9. The average molecular weight is 437 g/mol. The Bertz CT molecular complexity index is 995. The number of benzene rings is 2. The lowest BCUT2D eigenvalue weighted by atomic mass is 10.2. The highest BCUT2D eigenvalue weighted by atomic mass is 32.2. The Morgan fingerprint density at radius 1 is 1.23 bits per heavy atom. The van der Waals surface area contributed by atoms with Crippen LogP contribution in [0.1, 0.15) is 12.0 Å². The van der Waals surface area contributed by atoms with Crippen LogP contribution in [-0.4, -0.2) is 41.3 Å². The van der Waals surface area contributed by atoms with Gasteiger partial charge in [-0.1, -0.05) is 30.0 Å². The van der Waals surface area contributed by atoms with Crippen molar-refractivity contribution in [3.05, 3.63) is 54.1 Å². The van der Waals surface area contributed by atoms with E-state index in [0.717, 1.165) is 23.9 Å². The second kappa shape index (κ2) is 8.78. The molecule has 1 saturated heterocycles. The van der Waals surface area contributed by atoms with Crippen molar-refractivity contribution in [3.63, 3.8) is 0 Å². The van der Waals surface area contributed by atoms with Gasteiger partial charge in [-0.05, 0) is 30.3 Å². The maximum absolute atomic E-state index is 12.9. The van der Waals surface area contributed by atoms with Crippen molar-refractivity contribution in [2.45, 2.75) is 17.8 Å². The van der Waals surface area contributed by atoms with Gasteiger partial charge in [0.2, 0.25) is 11.8 Å². The van der Waals surface area contributed by atoms with Crippen LogP contribution in [0.2, 0.25) is 0 Å². The molecule has 1 atom stereocenters. The second-order valence-corrected chi connectivity index (χ2v) is 7.57. The molecule has 1 aliphatic heterocycles. The van der Waals surface area contributed by atoms with E-state index in [1.165, 1.54) is 31.2 Å². The van der Waals surface area contributed by atoms with E-state index < -0.39 is 22.9 Å². The number of nitrogens with zero attached hydrogens (tertiary/aromatic N) is 2. The van der Waals surface area contributed by atoms with Gasteiger partial charge < -0.3 is 10.1 Å². The number of para-hydroxylation sites is 2. The third-order valence-electron chi connectivity index (χ3n) is 4.32. The molecule has 0 aliphatic carbocycles. The van der Waals surface area contributed by atoms with Gasteiger partial charge >= 0.3 is 6.18 Å². The van der Waals surface area contributed by atoms with E-state index in [1.54, 1.807) is 24.3 Å². The first-order chi connectivity index (χ1) is 14.2. The van der Waals surface area contributed by atoms with E-state index in [2.05, 4.69) is 10.3 Å². The predicted octanol–water partition coefficient (Wildman–Crippen LogP) is 4.30. The van der Waals surface area contributed by atoms with E-state index in [0.29, 0.717) is 11.4 Å². The maximum Gasteiger partial charge on any atom is 0.416 e. The Hall–Kier alpha value is -3.01. The summed E-state index contributed by atoms with van der Waals surface area (Å²) in [6.07, 6.45) is -4.57. The van der Waals surface area contributed by atoms with Gasteiger partial charge in [0, 0.05) is 13.5 Å². The smallest absolute Gasteiger partial charge is 0.416 e. The molecule has 10 heteroatoms. The number of carbonyl (C=O) groups is 2. The van der Waals surface area contributed by atoms with Crippen molar-refractivity contribution >= 4 is 40.1 Å². The quantitative estimate of drug-likeness (QED) is 0.774. The largest absolute Gasteiger partial charge is 0.495 e. The van der Waals surface area contributed by atoms with Gasteiger partial charge in [-0.15, -0.1) is 0 Å². The van der Waals surface area contributed by atoms with E-state index >= 15 is 0 Å². The van der Waals surface area contributed by atoms with Crippen molar-refractivity contribution in [2.24, 2.45) is 4.99 Å². The lowest BCUT2D eigenvalue weighted by Gasteiger charge is -2.29. The number of nitrogens with one attached hydrogen (secondary N) is 1. The number of methoxy groups -OCH3 is 1. The van der Waals surface area contributed by atoms with Crippen LogP contribution >= 0.6 is 11.8 Å². The third kappa shape index (κ3) is 4.93. The summed E-state index contributed by atoms with van der Waals surface area (Å²) >= 11 is 1.01. The number of carbonyl (C=O) groups excluding carboxylic acids is 2. The van der Waals surface area contributed by atoms with Gasteiger partial charge in [-0.2, -0.15) is 13.2 Å². The molecule has 2 aromatic rings. The van der Waals surface area contributed by atoms with Gasteiger partial charge in [0.05, 0.1) is 24.0 Å². The van der Waals surface area contributed by atoms with Crippen molar-refractivity contribution in [3.8, 4) is 5.75 Å². The van der Waals surface area contributed by atoms with Gasteiger partial charge in [0.25, 0.3) is 0 Å². The molecule has 2 aromatic carbocycles. The average Bonchev–Trinajstić information content (AvgIpc) is 2.71. The number of alkyl halides is 3. The fraction of sp³-hybridized carbons (Fsp3) is 0.250. The van der Waals surface area contributed by atoms with Gasteiger partial charge in [-0.25, -0.2) is 4.99 Å². The van der Waals surface area contributed by atoms with Crippen molar-refractivity contribution in [2.75, 3.05) is 19.5 Å². The van der Waals surface area contributed by atoms with Crippen molar-refractivity contribution < 1.29 is 27.5 Å². The third-order valence-corrected chi connectivity index (χ3v) is 5.57. The molecule has 1 aliphatic rings. The summed E-state index contributed by atoms with van der Waals surface area (Å²) < 4.78 is 44.0. The molecule has 0 bridgehead atoms. The number of anilines is 1. The molecule has 0 saturated carbocycles. The number of hydrogen-bond donors (Lipinski definition) is 1. The Labute approximate surface area is 175 Å². The number of thioether (sulfide) groups is 1. The minimum Gasteiger partial charge on any atom is -0.495 e. The van der Waals surface area contributed by atoms with Gasteiger partial charge in [0.1, 0.15) is 11.0 Å². The normalized spacial score (nSPS) is 18.4. The van der Waals surface area contributed by atoms with Gasteiger partial charge in [0.15, 0.2) is 5.17 Å². The van der Waals surface area contributed by atoms with Crippen LogP contribution in [0.25, 0.3) is 0 Å². The summed E-state index contributed by atoms with van der Waals surface area (Å²) in [5, 5.41) is 2.08. The number of amides is 2. The van der Waals surface area contributed by atoms with E-state index in [-0.39, 0.29) is 23.2 Å². The molecular weight excluding hydrogens is 419 g/mol. The fourth-order valence-electron chi connectivity index (χ4n) is 2.72. The number of ether oxygens (including phenoxy) is 1. The minimum absolute atomic E-state index is 0.0396. The first-order valence-corrected chi connectivity index (χ1v) is 9.70. The topological polar surface area (TPSA) is 71.0 Å². The maximum atomic E-state index is 12.9. The van der Waals surface area contributed by atoms with Crippen LogP contribution in [-0.2, 0) is 15.8 Å². The molecule has 1 N–H and O–H groups in total.